The van der Waals surface area contributed by atoms with E-state index in [9.17, 15) is 0 Å². The van der Waals surface area contributed by atoms with Crippen molar-refractivity contribution in [2.75, 3.05) is 0 Å². The van der Waals surface area contributed by atoms with Crippen LogP contribution in [-0.2, 0) is 0 Å². The maximum Gasteiger partial charge on any atom is 0.0385 e. The van der Waals surface area contributed by atoms with Crippen molar-refractivity contribution in [3.05, 3.63) is 11.1 Å². The van der Waals surface area contributed by atoms with Gasteiger partial charge in [-0.15, -0.1) is 0 Å². The maximum absolute atomic E-state index is 6.44. The molecule has 120 valence electrons. The summed E-state index contributed by atoms with van der Waals surface area (Å²) in [7, 11) is 1.94. The Morgan fingerprint density at radius 2 is 1.45 bits per heavy atom. The fourth-order valence-corrected chi connectivity index (χ4v) is 5.41. The molecule has 2 aliphatic rings. The van der Waals surface area contributed by atoms with Gasteiger partial charge in [-0.3, -0.25) is 0 Å². The number of hydrogen-bond acceptors (Lipinski definition) is 2. The van der Waals surface area contributed by atoms with Crippen molar-refractivity contribution in [3.63, 3.8) is 0 Å². The van der Waals surface area contributed by atoms with Gasteiger partial charge in [0.2, 0.25) is 0 Å². The first-order valence-corrected chi connectivity index (χ1v) is 11.9. The normalized spacial score (nSPS) is 29.9. The van der Waals surface area contributed by atoms with Crippen molar-refractivity contribution in [3.8, 4) is 0 Å². The fourth-order valence-electron chi connectivity index (χ4n) is 3.20. The van der Waals surface area contributed by atoms with Gasteiger partial charge in [-0.05, 0) is 59.2 Å². The molecule has 2 rings (SSSR count). The van der Waals surface area contributed by atoms with Gasteiger partial charge in [-0.1, -0.05) is 67.5 Å². The number of nitrogens with two attached hydrogens (primary N) is 1. The quantitative estimate of drug-likeness (QED) is 0.393. The van der Waals surface area contributed by atoms with E-state index in [1.807, 2.05) is 36.6 Å². The van der Waals surface area contributed by atoms with Gasteiger partial charge in [0.15, 0.2) is 0 Å². The van der Waals surface area contributed by atoms with Crippen molar-refractivity contribution in [2.45, 2.75) is 90.9 Å². The molecule has 0 aromatic rings. The standard InChI is InChI=1S/C13H22INS.2C2H6/c1-9-8-12(16-14)13(15)11-7-5-3-2-4-6-10(9)11;2*1-2/h9,12-13H,2-8,15H2,1H3;2*1-2H3. The Bertz CT molecular complexity index is 278. The Hall–Kier alpha value is 0.780. The lowest BCUT2D eigenvalue weighted by Gasteiger charge is -2.37. The molecule has 0 amide bonds. The number of allylic oxidation sites excluding steroid dienone is 1. The highest BCUT2D eigenvalue weighted by atomic mass is 127. The molecule has 0 aromatic heterocycles. The third kappa shape index (κ3) is 5.88. The van der Waals surface area contributed by atoms with Crippen LogP contribution < -0.4 is 5.73 Å². The SMILES string of the molecule is CC.CC.CC1CC(SI)C(N)C2=C1CCCCCC2. The van der Waals surface area contributed by atoms with Gasteiger partial charge in [0, 0.05) is 11.3 Å². The van der Waals surface area contributed by atoms with Gasteiger partial charge in [0.05, 0.1) is 0 Å². The van der Waals surface area contributed by atoms with E-state index >= 15 is 0 Å². The third-order valence-corrected chi connectivity index (χ3v) is 6.83. The lowest BCUT2D eigenvalue weighted by Crippen LogP contribution is -2.40. The molecule has 0 radical (unpaired) electrons. The van der Waals surface area contributed by atoms with Crippen LogP contribution in [0.5, 0.6) is 0 Å². The van der Waals surface area contributed by atoms with Crippen LogP contribution in [0.3, 0.4) is 0 Å². The van der Waals surface area contributed by atoms with E-state index in [0.717, 1.165) is 5.92 Å². The Labute approximate surface area is 143 Å². The average Bonchev–Trinajstić information content (AvgIpc) is 2.47. The zero-order valence-electron chi connectivity index (χ0n) is 14.0. The summed E-state index contributed by atoms with van der Waals surface area (Å²) >= 11 is 2.43. The molecule has 0 fully saturated rings. The molecular weight excluding hydrogens is 377 g/mol. The third-order valence-electron chi connectivity index (χ3n) is 4.15. The minimum Gasteiger partial charge on any atom is -0.323 e. The van der Waals surface area contributed by atoms with Gasteiger partial charge in [-0.2, -0.15) is 0 Å². The van der Waals surface area contributed by atoms with Crippen LogP contribution in [0, 0.1) is 5.92 Å². The predicted molar refractivity (Wildman–Crippen MR) is 105 cm³/mol. The topological polar surface area (TPSA) is 26.0 Å². The highest BCUT2D eigenvalue weighted by Gasteiger charge is 2.32. The van der Waals surface area contributed by atoms with E-state index in [2.05, 4.69) is 28.1 Å². The molecule has 0 bridgehead atoms. The number of rotatable bonds is 1. The molecule has 0 aromatic carbocycles. The highest BCUT2D eigenvalue weighted by Crippen LogP contribution is 2.42. The minimum absolute atomic E-state index is 0.339. The van der Waals surface area contributed by atoms with E-state index in [0.29, 0.717) is 11.3 Å². The van der Waals surface area contributed by atoms with E-state index in [1.165, 1.54) is 44.9 Å². The van der Waals surface area contributed by atoms with Gasteiger partial charge < -0.3 is 5.73 Å². The maximum atomic E-state index is 6.44. The van der Waals surface area contributed by atoms with Crippen LogP contribution in [0.2, 0.25) is 0 Å². The Morgan fingerprint density at radius 1 is 0.950 bits per heavy atom. The summed E-state index contributed by atoms with van der Waals surface area (Å²) in [4.78, 5) is 0. The zero-order chi connectivity index (χ0) is 15.5. The molecule has 0 heterocycles. The predicted octanol–water partition coefficient (Wildman–Crippen LogP) is 6.51. The molecule has 3 unspecified atom stereocenters. The van der Waals surface area contributed by atoms with Crippen molar-refractivity contribution in [2.24, 2.45) is 11.7 Å². The van der Waals surface area contributed by atoms with Crippen molar-refractivity contribution >= 4 is 30.1 Å². The monoisotopic (exact) mass is 411 g/mol. The van der Waals surface area contributed by atoms with Crippen molar-refractivity contribution < 1.29 is 0 Å². The summed E-state index contributed by atoms with van der Waals surface area (Å²) in [6, 6.07) is 0.339. The molecule has 20 heavy (non-hydrogen) atoms. The molecule has 0 aliphatic heterocycles. The summed E-state index contributed by atoms with van der Waals surface area (Å²) in [5, 5.41) is 0.647. The van der Waals surface area contributed by atoms with Gasteiger partial charge in [-0.25, -0.2) is 0 Å². The van der Waals surface area contributed by atoms with Crippen molar-refractivity contribution in [1.82, 2.24) is 0 Å². The lowest BCUT2D eigenvalue weighted by molar-refractivity contribution is 0.454. The molecule has 0 saturated heterocycles. The molecule has 2 aliphatic carbocycles. The summed E-state index contributed by atoms with van der Waals surface area (Å²) in [5.41, 5.74) is 9.81. The van der Waals surface area contributed by atoms with Crippen LogP contribution in [0.25, 0.3) is 0 Å². The lowest BCUT2D eigenvalue weighted by atomic mass is 9.76. The van der Waals surface area contributed by atoms with Crippen LogP contribution in [0.4, 0.5) is 0 Å². The zero-order valence-corrected chi connectivity index (χ0v) is 17.0. The molecule has 1 nitrogen and oxygen atoms in total. The second-order valence-electron chi connectivity index (χ2n) is 5.25. The van der Waals surface area contributed by atoms with Crippen LogP contribution in [0.1, 0.15) is 79.6 Å². The van der Waals surface area contributed by atoms with Crippen molar-refractivity contribution in [1.29, 1.82) is 0 Å². The second kappa shape index (κ2) is 12.3. The van der Waals surface area contributed by atoms with Gasteiger partial charge >= 0.3 is 0 Å². The van der Waals surface area contributed by atoms with E-state index in [4.69, 9.17) is 5.73 Å². The average molecular weight is 411 g/mol. The Balaban J connectivity index is 0.000000829. The smallest absolute Gasteiger partial charge is 0.0385 e. The first-order valence-electron chi connectivity index (χ1n) is 8.48. The fraction of sp³-hybridized carbons (Fsp3) is 0.882. The van der Waals surface area contributed by atoms with Crippen LogP contribution in [-0.4, -0.2) is 11.3 Å². The van der Waals surface area contributed by atoms with Gasteiger partial charge in [0.1, 0.15) is 0 Å². The first kappa shape index (κ1) is 20.8. The first-order chi connectivity index (χ1) is 9.74. The second-order valence-corrected chi connectivity index (χ2v) is 7.56. The van der Waals surface area contributed by atoms with E-state index in [-0.39, 0.29) is 0 Å². The summed E-state index contributed by atoms with van der Waals surface area (Å²) in [6.07, 6.45) is 9.45. The number of halogens is 1. The van der Waals surface area contributed by atoms with E-state index in [1.54, 1.807) is 11.1 Å². The largest absolute Gasteiger partial charge is 0.323 e. The molecular formula is C17H34INS. The van der Waals surface area contributed by atoms with Crippen LogP contribution >= 0.6 is 30.1 Å². The highest BCUT2D eigenvalue weighted by molar-refractivity contribution is 14.2. The molecule has 0 spiro atoms. The molecule has 0 saturated carbocycles. The molecule has 3 atom stereocenters. The summed E-state index contributed by atoms with van der Waals surface area (Å²) in [5.74, 6) is 0.778. The minimum atomic E-state index is 0.339. The number of hydrogen-bond donors (Lipinski definition) is 1. The summed E-state index contributed by atoms with van der Waals surface area (Å²) in [6.45, 7) is 10.4. The van der Waals surface area contributed by atoms with E-state index < -0.39 is 0 Å². The Morgan fingerprint density at radius 3 is 1.95 bits per heavy atom. The van der Waals surface area contributed by atoms with Gasteiger partial charge in [0.25, 0.3) is 0 Å². The molecule has 2 N–H and O–H groups in total. The molecule has 3 heteroatoms. The Kier molecular flexibility index (Phi) is 12.8. The summed E-state index contributed by atoms with van der Waals surface area (Å²) < 4.78 is 0. The van der Waals surface area contributed by atoms with Crippen LogP contribution in [0.15, 0.2) is 11.1 Å².